The number of carbonyl (C=O) groups is 1. The second kappa shape index (κ2) is 6.19. The fraction of sp³-hybridized carbons (Fsp3) is 0.250. The molecular formula is C16H19N3O. The van der Waals surface area contributed by atoms with Gasteiger partial charge in [0.15, 0.2) is 0 Å². The number of benzene rings is 1. The number of pyridine rings is 1. The Hall–Kier alpha value is -2.36. The van der Waals surface area contributed by atoms with Crippen LogP contribution in [0.1, 0.15) is 35.7 Å². The molecule has 0 fully saturated rings. The van der Waals surface area contributed by atoms with E-state index in [4.69, 9.17) is 0 Å². The van der Waals surface area contributed by atoms with Gasteiger partial charge in [0.05, 0.1) is 5.56 Å². The van der Waals surface area contributed by atoms with Crippen LogP contribution in [0.2, 0.25) is 0 Å². The molecule has 0 atom stereocenters. The van der Waals surface area contributed by atoms with Crippen molar-refractivity contribution in [3.05, 3.63) is 53.9 Å². The molecule has 0 saturated heterocycles. The Kier molecular flexibility index (Phi) is 4.35. The minimum Gasteiger partial charge on any atom is -0.387 e. The zero-order chi connectivity index (χ0) is 14.5. The predicted molar refractivity (Wildman–Crippen MR) is 82.3 cm³/mol. The van der Waals surface area contributed by atoms with E-state index in [0.29, 0.717) is 11.5 Å². The molecule has 20 heavy (non-hydrogen) atoms. The van der Waals surface area contributed by atoms with Crippen LogP contribution in [0, 0.1) is 0 Å². The summed E-state index contributed by atoms with van der Waals surface area (Å²) in [6.45, 7) is 4.25. The molecule has 0 spiro atoms. The third-order valence-electron chi connectivity index (χ3n) is 3.15. The molecule has 1 aromatic heterocycles. The van der Waals surface area contributed by atoms with E-state index in [1.165, 1.54) is 5.56 Å². The molecule has 0 aliphatic heterocycles. The number of hydrogen-bond acceptors (Lipinski definition) is 3. The van der Waals surface area contributed by atoms with Crippen LogP contribution in [0.15, 0.2) is 42.7 Å². The normalized spacial score (nSPS) is 10.4. The fourth-order valence-electron chi connectivity index (χ4n) is 1.97. The lowest BCUT2D eigenvalue weighted by atomic mass is 10.0. The minimum atomic E-state index is -0.164. The quantitative estimate of drug-likeness (QED) is 0.893. The number of anilines is 2. The maximum absolute atomic E-state index is 12.3. The van der Waals surface area contributed by atoms with Gasteiger partial charge in [-0.05, 0) is 29.7 Å². The smallest absolute Gasteiger partial charge is 0.259 e. The summed E-state index contributed by atoms with van der Waals surface area (Å²) in [6.07, 6.45) is 3.22. The number of nitrogens with one attached hydrogen (secondary N) is 2. The van der Waals surface area contributed by atoms with Crippen LogP contribution in [0.4, 0.5) is 11.4 Å². The van der Waals surface area contributed by atoms with Crippen molar-refractivity contribution >= 4 is 17.3 Å². The first-order chi connectivity index (χ1) is 9.61. The van der Waals surface area contributed by atoms with Gasteiger partial charge in [0.2, 0.25) is 0 Å². The molecule has 0 unspecified atom stereocenters. The van der Waals surface area contributed by atoms with Crippen molar-refractivity contribution < 1.29 is 4.79 Å². The highest BCUT2D eigenvalue weighted by Gasteiger charge is 2.11. The molecule has 2 rings (SSSR count). The average Bonchev–Trinajstić information content (AvgIpc) is 2.47. The number of carbonyl (C=O) groups excluding carboxylic acids is 1. The molecule has 1 heterocycles. The maximum Gasteiger partial charge on any atom is 0.259 e. The number of rotatable bonds is 4. The SMILES string of the molecule is CNc1ccncc1C(=O)Nc1cccc(C(C)C)c1. The highest BCUT2D eigenvalue weighted by molar-refractivity contribution is 6.07. The summed E-state index contributed by atoms with van der Waals surface area (Å²) < 4.78 is 0. The second-order valence-electron chi connectivity index (χ2n) is 4.91. The van der Waals surface area contributed by atoms with E-state index in [0.717, 1.165) is 11.4 Å². The van der Waals surface area contributed by atoms with Crippen molar-refractivity contribution in [2.24, 2.45) is 0 Å². The fourth-order valence-corrected chi connectivity index (χ4v) is 1.97. The van der Waals surface area contributed by atoms with Crippen molar-refractivity contribution in [2.75, 3.05) is 17.7 Å². The van der Waals surface area contributed by atoms with Crippen LogP contribution < -0.4 is 10.6 Å². The lowest BCUT2D eigenvalue weighted by Crippen LogP contribution is -2.14. The van der Waals surface area contributed by atoms with E-state index in [-0.39, 0.29) is 5.91 Å². The molecule has 2 aromatic rings. The van der Waals surface area contributed by atoms with Crippen LogP contribution in [-0.4, -0.2) is 17.9 Å². The zero-order valence-corrected chi connectivity index (χ0v) is 12.0. The van der Waals surface area contributed by atoms with Gasteiger partial charge >= 0.3 is 0 Å². The molecule has 0 aliphatic rings. The topological polar surface area (TPSA) is 54.0 Å². The predicted octanol–water partition coefficient (Wildman–Crippen LogP) is 3.50. The van der Waals surface area contributed by atoms with Gasteiger partial charge in [0, 0.05) is 30.8 Å². The third-order valence-corrected chi connectivity index (χ3v) is 3.15. The van der Waals surface area contributed by atoms with Gasteiger partial charge in [-0.1, -0.05) is 26.0 Å². The van der Waals surface area contributed by atoms with E-state index in [1.54, 1.807) is 25.5 Å². The Bertz CT molecular complexity index is 608. The monoisotopic (exact) mass is 269 g/mol. The number of aromatic nitrogens is 1. The second-order valence-corrected chi connectivity index (χ2v) is 4.91. The molecule has 0 saturated carbocycles. The van der Waals surface area contributed by atoms with E-state index < -0.39 is 0 Å². The largest absolute Gasteiger partial charge is 0.387 e. The Morgan fingerprint density at radius 1 is 1.25 bits per heavy atom. The van der Waals surface area contributed by atoms with Crippen molar-refractivity contribution in [1.82, 2.24) is 4.98 Å². The van der Waals surface area contributed by atoms with Crippen LogP contribution in [-0.2, 0) is 0 Å². The molecule has 2 N–H and O–H groups in total. The highest BCUT2D eigenvalue weighted by atomic mass is 16.1. The van der Waals surface area contributed by atoms with Gasteiger partial charge in [0.25, 0.3) is 5.91 Å². The Morgan fingerprint density at radius 2 is 2.05 bits per heavy atom. The Balaban J connectivity index is 2.21. The molecule has 0 bridgehead atoms. The van der Waals surface area contributed by atoms with Crippen molar-refractivity contribution in [3.8, 4) is 0 Å². The summed E-state index contributed by atoms with van der Waals surface area (Å²) in [6, 6.07) is 9.67. The lowest BCUT2D eigenvalue weighted by molar-refractivity contribution is 0.102. The van der Waals surface area contributed by atoms with Gasteiger partial charge in [-0.15, -0.1) is 0 Å². The van der Waals surface area contributed by atoms with Gasteiger partial charge in [-0.25, -0.2) is 0 Å². The summed E-state index contributed by atoms with van der Waals surface area (Å²) in [5.74, 6) is 0.265. The molecule has 1 amide bonds. The number of nitrogens with zero attached hydrogens (tertiary/aromatic N) is 1. The van der Waals surface area contributed by atoms with Gasteiger partial charge in [-0.3, -0.25) is 9.78 Å². The van der Waals surface area contributed by atoms with E-state index in [1.807, 2.05) is 18.2 Å². The van der Waals surface area contributed by atoms with Crippen molar-refractivity contribution in [3.63, 3.8) is 0 Å². The lowest BCUT2D eigenvalue weighted by Gasteiger charge is -2.11. The molecule has 104 valence electrons. The first kappa shape index (κ1) is 14.1. The summed E-state index contributed by atoms with van der Waals surface area (Å²) in [7, 11) is 1.78. The Morgan fingerprint density at radius 3 is 2.75 bits per heavy atom. The molecule has 0 radical (unpaired) electrons. The summed E-state index contributed by atoms with van der Waals surface area (Å²) in [5.41, 5.74) is 3.29. The van der Waals surface area contributed by atoms with Crippen molar-refractivity contribution in [1.29, 1.82) is 0 Å². The van der Waals surface area contributed by atoms with E-state index in [9.17, 15) is 4.79 Å². The van der Waals surface area contributed by atoms with Gasteiger partial charge in [-0.2, -0.15) is 0 Å². The summed E-state index contributed by atoms with van der Waals surface area (Å²) in [4.78, 5) is 16.3. The van der Waals surface area contributed by atoms with Gasteiger partial charge < -0.3 is 10.6 Å². The summed E-state index contributed by atoms with van der Waals surface area (Å²) >= 11 is 0. The first-order valence-corrected chi connectivity index (χ1v) is 6.65. The number of hydrogen-bond donors (Lipinski definition) is 2. The minimum absolute atomic E-state index is 0.164. The van der Waals surface area contributed by atoms with Crippen LogP contribution in [0.3, 0.4) is 0 Å². The first-order valence-electron chi connectivity index (χ1n) is 6.65. The molecule has 4 heteroatoms. The van der Waals surface area contributed by atoms with Crippen LogP contribution >= 0.6 is 0 Å². The van der Waals surface area contributed by atoms with E-state index >= 15 is 0 Å². The molecule has 0 aliphatic carbocycles. The summed E-state index contributed by atoms with van der Waals surface area (Å²) in [5, 5.41) is 5.90. The van der Waals surface area contributed by atoms with Crippen LogP contribution in [0.25, 0.3) is 0 Å². The molecule has 1 aromatic carbocycles. The number of amides is 1. The van der Waals surface area contributed by atoms with Gasteiger partial charge in [0.1, 0.15) is 0 Å². The highest BCUT2D eigenvalue weighted by Crippen LogP contribution is 2.20. The molecular weight excluding hydrogens is 250 g/mol. The van der Waals surface area contributed by atoms with Crippen LogP contribution in [0.5, 0.6) is 0 Å². The zero-order valence-electron chi connectivity index (χ0n) is 12.0. The third kappa shape index (κ3) is 3.15. The molecule has 4 nitrogen and oxygen atoms in total. The maximum atomic E-state index is 12.3. The standard InChI is InChI=1S/C16H19N3O/c1-11(2)12-5-4-6-13(9-12)19-16(20)14-10-18-8-7-15(14)17-3/h4-11H,1-3H3,(H,17,18)(H,19,20). The average molecular weight is 269 g/mol. The Labute approximate surface area is 119 Å². The van der Waals surface area contributed by atoms with E-state index in [2.05, 4.69) is 35.5 Å². The van der Waals surface area contributed by atoms with Crippen molar-refractivity contribution in [2.45, 2.75) is 19.8 Å².